The second-order valence-electron chi connectivity index (χ2n) is 4.60. The second kappa shape index (κ2) is 5.69. The number of aromatic nitrogens is 1. The van der Waals surface area contributed by atoms with E-state index in [-0.39, 0.29) is 12.5 Å². The average Bonchev–Trinajstić information content (AvgIpc) is 2.38. The molecule has 0 radical (unpaired) electrons. The maximum absolute atomic E-state index is 10.8. The number of anilines is 1. The molecule has 0 bridgehead atoms. The summed E-state index contributed by atoms with van der Waals surface area (Å²) in [5, 5.41) is 9.99. The van der Waals surface area contributed by atoms with E-state index in [0.29, 0.717) is 0 Å². The van der Waals surface area contributed by atoms with Crippen molar-refractivity contribution >= 4 is 22.7 Å². The van der Waals surface area contributed by atoms with Crippen molar-refractivity contribution in [2.45, 2.75) is 26.3 Å². The van der Waals surface area contributed by atoms with Crippen molar-refractivity contribution in [2.75, 3.05) is 11.4 Å². The van der Waals surface area contributed by atoms with Crippen molar-refractivity contribution in [3.05, 3.63) is 36.4 Å². The first-order valence-corrected chi connectivity index (χ1v) is 6.46. The summed E-state index contributed by atoms with van der Waals surface area (Å²) in [5.74, 6) is 0.0432. The van der Waals surface area contributed by atoms with Gasteiger partial charge in [0.05, 0.1) is 11.9 Å². The van der Waals surface area contributed by atoms with Crippen LogP contribution in [0.15, 0.2) is 36.4 Å². The molecule has 0 saturated heterocycles. The molecule has 1 aromatic carbocycles. The first-order valence-electron chi connectivity index (χ1n) is 6.46. The number of nitrogens with zero attached hydrogens (tertiary/aromatic N) is 2. The number of fused-ring (bicyclic) bond motifs is 1. The first-order chi connectivity index (χ1) is 9.11. The third-order valence-corrected chi connectivity index (χ3v) is 3.22. The Kier molecular flexibility index (Phi) is 4.00. The summed E-state index contributed by atoms with van der Waals surface area (Å²) in [6.45, 7) is 4.66. The topological polar surface area (TPSA) is 53.4 Å². The lowest BCUT2D eigenvalue weighted by atomic mass is 10.2. The molecular weight excluding hydrogens is 240 g/mol. The van der Waals surface area contributed by atoms with Crippen LogP contribution in [0.1, 0.15) is 20.3 Å². The van der Waals surface area contributed by atoms with Crippen molar-refractivity contribution < 1.29 is 9.90 Å². The molecule has 2 aromatic rings. The van der Waals surface area contributed by atoms with Crippen LogP contribution in [0.5, 0.6) is 0 Å². The summed E-state index contributed by atoms with van der Waals surface area (Å²) < 4.78 is 0. The summed E-state index contributed by atoms with van der Waals surface area (Å²) in [4.78, 5) is 17.4. The lowest BCUT2D eigenvalue weighted by Crippen LogP contribution is -2.35. The summed E-state index contributed by atoms with van der Waals surface area (Å²) in [5.41, 5.74) is 0.931. The van der Waals surface area contributed by atoms with Crippen molar-refractivity contribution in [3.63, 3.8) is 0 Å². The highest BCUT2D eigenvalue weighted by molar-refractivity contribution is 5.80. The molecular formula is C15H18N2O2. The smallest absolute Gasteiger partial charge is 0.305 e. The fraction of sp³-hybridized carbons (Fsp3) is 0.333. The maximum Gasteiger partial charge on any atom is 0.305 e. The van der Waals surface area contributed by atoms with E-state index in [2.05, 4.69) is 4.98 Å². The highest BCUT2D eigenvalue weighted by Gasteiger charge is 2.17. The van der Waals surface area contributed by atoms with Gasteiger partial charge in [-0.25, -0.2) is 4.98 Å². The number of pyridine rings is 1. The van der Waals surface area contributed by atoms with Crippen LogP contribution in [0.4, 0.5) is 5.82 Å². The number of hydrogen-bond donors (Lipinski definition) is 1. The fourth-order valence-corrected chi connectivity index (χ4v) is 2.28. The molecule has 1 N–H and O–H groups in total. The molecule has 0 aliphatic carbocycles. The number of aliphatic carboxylic acids is 1. The summed E-state index contributed by atoms with van der Waals surface area (Å²) in [7, 11) is 0. The van der Waals surface area contributed by atoms with Crippen molar-refractivity contribution in [1.82, 2.24) is 4.98 Å². The molecule has 4 heteroatoms. The number of carboxylic acids is 1. The summed E-state index contributed by atoms with van der Waals surface area (Å²) in [6.07, 6.45) is 0.113. The van der Waals surface area contributed by atoms with E-state index in [1.54, 1.807) is 0 Å². The molecule has 1 atom stereocenters. The zero-order valence-electron chi connectivity index (χ0n) is 11.2. The molecule has 1 heterocycles. The number of benzene rings is 1. The number of para-hydroxylation sites is 1. The molecule has 0 fully saturated rings. The molecule has 19 heavy (non-hydrogen) atoms. The van der Waals surface area contributed by atoms with Gasteiger partial charge in [-0.1, -0.05) is 18.2 Å². The molecule has 4 nitrogen and oxygen atoms in total. The van der Waals surface area contributed by atoms with E-state index in [1.165, 1.54) is 0 Å². The Morgan fingerprint density at radius 1 is 1.32 bits per heavy atom. The van der Waals surface area contributed by atoms with Gasteiger partial charge in [0.2, 0.25) is 0 Å². The van der Waals surface area contributed by atoms with Crippen LogP contribution in [0, 0.1) is 0 Å². The van der Waals surface area contributed by atoms with Crippen LogP contribution >= 0.6 is 0 Å². The van der Waals surface area contributed by atoms with Gasteiger partial charge in [0, 0.05) is 18.0 Å². The number of carbonyl (C=O) groups is 1. The summed E-state index contributed by atoms with van der Waals surface area (Å²) in [6, 6.07) is 11.8. The van der Waals surface area contributed by atoms with Gasteiger partial charge < -0.3 is 10.0 Å². The van der Waals surface area contributed by atoms with E-state index in [4.69, 9.17) is 5.11 Å². The van der Waals surface area contributed by atoms with Crippen LogP contribution in [0.2, 0.25) is 0 Å². The predicted octanol–water partition coefficient (Wildman–Crippen LogP) is 2.92. The number of rotatable bonds is 5. The molecule has 0 amide bonds. The monoisotopic (exact) mass is 258 g/mol. The van der Waals surface area contributed by atoms with Crippen LogP contribution in [0.25, 0.3) is 10.9 Å². The minimum atomic E-state index is -0.785. The molecule has 0 saturated carbocycles. The van der Waals surface area contributed by atoms with Crippen molar-refractivity contribution in [1.29, 1.82) is 0 Å². The number of hydrogen-bond acceptors (Lipinski definition) is 3. The van der Waals surface area contributed by atoms with Crippen molar-refractivity contribution in [3.8, 4) is 0 Å². The molecule has 2 rings (SSSR count). The van der Waals surface area contributed by atoms with E-state index in [9.17, 15) is 4.79 Å². The first kappa shape index (κ1) is 13.3. The Hall–Kier alpha value is -2.10. The molecule has 0 spiro atoms. The van der Waals surface area contributed by atoms with Crippen molar-refractivity contribution in [2.24, 2.45) is 0 Å². The Morgan fingerprint density at radius 3 is 2.74 bits per heavy atom. The normalized spacial score (nSPS) is 12.3. The van der Waals surface area contributed by atoms with E-state index < -0.39 is 5.97 Å². The Labute approximate surface area is 112 Å². The minimum Gasteiger partial charge on any atom is -0.481 e. The molecule has 100 valence electrons. The third kappa shape index (κ3) is 3.02. The molecule has 0 aliphatic heterocycles. The Balaban J connectivity index is 2.32. The SMILES string of the molecule is CCN(c1ccc2ccccc2n1)C(C)CC(=O)O. The highest BCUT2D eigenvalue weighted by atomic mass is 16.4. The second-order valence-corrected chi connectivity index (χ2v) is 4.60. The fourth-order valence-electron chi connectivity index (χ4n) is 2.28. The van der Waals surface area contributed by atoms with Crippen LogP contribution in [-0.2, 0) is 4.79 Å². The third-order valence-electron chi connectivity index (χ3n) is 3.22. The quantitative estimate of drug-likeness (QED) is 0.896. The Morgan fingerprint density at radius 2 is 2.05 bits per heavy atom. The van der Waals surface area contributed by atoms with E-state index >= 15 is 0 Å². The molecule has 0 aliphatic rings. The molecule has 1 unspecified atom stereocenters. The standard InChI is InChI=1S/C15H18N2O2/c1-3-17(11(2)10-15(18)19)14-9-8-12-6-4-5-7-13(12)16-14/h4-9,11H,3,10H2,1-2H3,(H,18,19). The van der Waals surface area contributed by atoms with Gasteiger partial charge in [-0.05, 0) is 32.0 Å². The Bertz CT molecular complexity index is 583. The maximum atomic E-state index is 10.8. The minimum absolute atomic E-state index is 0.0730. The van der Waals surface area contributed by atoms with Gasteiger partial charge in [0.25, 0.3) is 0 Å². The summed E-state index contributed by atoms with van der Waals surface area (Å²) >= 11 is 0. The largest absolute Gasteiger partial charge is 0.481 e. The van der Waals surface area contributed by atoms with E-state index in [0.717, 1.165) is 23.3 Å². The van der Waals surface area contributed by atoms with Gasteiger partial charge in [-0.15, -0.1) is 0 Å². The van der Waals surface area contributed by atoms with E-state index in [1.807, 2.05) is 55.1 Å². The zero-order chi connectivity index (χ0) is 13.8. The highest BCUT2D eigenvalue weighted by Crippen LogP contribution is 2.20. The van der Waals surface area contributed by atoms with Gasteiger partial charge in [0.15, 0.2) is 0 Å². The average molecular weight is 258 g/mol. The van der Waals surface area contributed by atoms with Gasteiger partial charge in [-0.3, -0.25) is 4.79 Å². The van der Waals surface area contributed by atoms with Gasteiger partial charge in [0.1, 0.15) is 5.82 Å². The van der Waals surface area contributed by atoms with Gasteiger partial charge in [-0.2, -0.15) is 0 Å². The zero-order valence-corrected chi connectivity index (χ0v) is 11.2. The van der Waals surface area contributed by atoms with Crippen LogP contribution in [0.3, 0.4) is 0 Å². The van der Waals surface area contributed by atoms with Crippen LogP contribution in [-0.4, -0.2) is 28.6 Å². The lowest BCUT2D eigenvalue weighted by molar-refractivity contribution is -0.137. The van der Waals surface area contributed by atoms with Crippen LogP contribution < -0.4 is 4.90 Å². The predicted molar refractivity (Wildman–Crippen MR) is 76.5 cm³/mol. The lowest BCUT2D eigenvalue weighted by Gasteiger charge is -2.28. The van der Waals surface area contributed by atoms with Gasteiger partial charge >= 0.3 is 5.97 Å². The molecule has 1 aromatic heterocycles. The number of carboxylic acid groups (broad SMARTS) is 1.